The first kappa shape index (κ1) is 29.3. The van der Waals surface area contributed by atoms with Crippen LogP contribution in [0.1, 0.15) is 63.5 Å². The number of nitrogens with zero attached hydrogens (tertiary/aromatic N) is 5. The molecule has 2 aromatic heterocycles. The highest BCUT2D eigenvalue weighted by Gasteiger charge is 2.21. The van der Waals surface area contributed by atoms with E-state index in [1.807, 2.05) is 23.2 Å². The monoisotopic (exact) mass is 549 g/mol. The van der Waals surface area contributed by atoms with Crippen LogP contribution in [0.3, 0.4) is 0 Å². The van der Waals surface area contributed by atoms with Crippen LogP contribution in [0.2, 0.25) is 0 Å². The van der Waals surface area contributed by atoms with Gasteiger partial charge in [-0.15, -0.1) is 0 Å². The van der Waals surface area contributed by atoms with E-state index in [1.54, 1.807) is 14.0 Å². The van der Waals surface area contributed by atoms with Gasteiger partial charge in [-0.25, -0.2) is 4.98 Å². The number of hydrogen-bond acceptors (Lipinski definition) is 8. The normalized spacial score (nSPS) is 14.0. The summed E-state index contributed by atoms with van der Waals surface area (Å²) < 4.78 is 7.87. The molecule has 216 valence electrons. The van der Waals surface area contributed by atoms with Gasteiger partial charge in [0.25, 0.3) is 0 Å². The Hall–Kier alpha value is -3.66. The molecule has 1 amide bonds. The van der Waals surface area contributed by atoms with Gasteiger partial charge >= 0.3 is 0 Å². The average molecular weight is 550 g/mol. The second kappa shape index (κ2) is 14.1. The van der Waals surface area contributed by atoms with Crippen molar-refractivity contribution in [2.75, 3.05) is 50.9 Å². The SMILES string of the molecule is CCCCCNc1nc(N)nc2ccn(Cc3cc(CN4CCN(C(=O)CCCC(C)=O)CC4)ccc3OC)c12. The molecular weight excluding hydrogens is 506 g/mol. The van der Waals surface area contributed by atoms with E-state index in [2.05, 4.69) is 43.8 Å². The van der Waals surface area contributed by atoms with Gasteiger partial charge in [0, 0.05) is 63.9 Å². The predicted molar refractivity (Wildman–Crippen MR) is 158 cm³/mol. The van der Waals surface area contributed by atoms with E-state index in [0.717, 1.165) is 73.6 Å². The number of piperazine rings is 1. The molecule has 0 aliphatic carbocycles. The number of aromatic nitrogens is 3. The molecule has 40 heavy (non-hydrogen) atoms. The number of benzene rings is 1. The number of methoxy groups -OCH3 is 1. The van der Waals surface area contributed by atoms with Crippen LogP contribution in [0.5, 0.6) is 5.75 Å². The van der Waals surface area contributed by atoms with Crippen LogP contribution in [-0.2, 0) is 22.7 Å². The zero-order chi connectivity index (χ0) is 28.5. The Morgan fingerprint density at radius 1 is 1.02 bits per heavy atom. The number of amides is 1. The summed E-state index contributed by atoms with van der Waals surface area (Å²) >= 11 is 0. The second-order valence-electron chi connectivity index (χ2n) is 10.6. The molecule has 0 radical (unpaired) electrons. The number of nitrogens with one attached hydrogen (secondary N) is 1. The summed E-state index contributed by atoms with van der Waals surface area (Å²) in [4.78, 5) is 36.9. The predicted octanol–water partition coefficient (Wildman–Crippen LogP) is 4.08. The molecule has 10 heteroatoms. The molecule has 1 aliphatic rings. The molecule has 1 saturated heterocycles. The Kier molecular flexibility index (Phi) is 10.3. The van der Waals surface area contributed by atoms with Gasteiger partial charge in [0.2, 0.25) is 11.9 Å². The largest absolute Gasteiger partial charge is 0.496 e. The number of rotatable bonds is 14. The third-order valence-corrected chi connectivity index (χ3v) is 7.44. The molecule has 1 aromatic carbocycles. The fraction of sp³-hybridized carbons (Fsp3) is 0.533. The summed E-state index contributed by atoms with van der Waals surface area (Å²) in [6, 6.07) is 8.32. The summed E-state index contributed by atoms with van der Waals surface area (Å²) in [5.74, 6) is 2.14. The maximum Gasteiger partial charge on any atom is 0.222 e. The van der Waals surface area contributed by atoms with Gasteiger partial charge in [-0.2, -0.15) is 4.98 Å². The number of anilines is 2. The maximum atomic E-state index is 12.5. The van der Waals surface area contributed by atoms with Crippen molar-refractivity contribution < 1.29 is 14.3 Å². The number of carbonyl (C=O) groups is 2. The first-order valence-electron chi connectivity index (χ1n) is 14.4. The minimum Gasteiger partial charge on any atom is -0.496 e. The first-order chi connectivity index (χ1) is 19.4. The van der Waals surface area contributed by atoms with Crippen molar-refractivity contribution in [3.05, 3.63) is 41.6 Å². The fourth-order valence-corrected chi connectivity index (χ4v) is 5.26. The van der Waals surface area contributed by atoms with Crippen LogP contribution in [0.4, 0.5) is 11.8 Å². The fourth-order valence-electron chi connectivity index (χ4n) is 5.26. The number of hydrogen-bond donors (Lipinski definition) is 2. The number of Topliss-reactive ketones (excluding diaryl/α,β-unsaturated/α-hetero) is 1. The molecule has 3 heterocycles. The number of carbonyl (C=O) groups excluding carboxylic acids is 2. The van der Waals surface area contributed by atoms with E-state index < -0.39 is 0 Å². The standard InChI is InChI=1S/C30H43N7O3/c1-4-5-6-13-32-29-28-25(33-30(31)34-29)12-14-37(28)21-24-19-23(10-11-26(24)40-3)20-35-15-17-36(18-16-35)27(39)9-7-8-22(2)38/h10-12,14,19H,4-9,13,15-18,20-21H2,1-3H3,(H3,31,32,33,34). The van der Waals surface area contributed by atoms with Gasteiger partial charge in [0.15, 0.2) is 5.82 Å². The first-order valence-corrected chi connectivity index (χ1v) is 14.4. The van der Waals surface area contributed by atoms with E-state index in [4.69, 9.17) is 10.5 Å². The Balaban J connectivity index is 1.43. The summed E-state index contributed by atoms with van der Waals surface area (Å²) in [7, 11) is 1.70. The summed E-state index contributed by atoms with van der Waals surface area (Å²) in [5, 5.41) is 3.46. The average Bonchev–Trinajstić information content (AvgIpc) is 3.33. The van der Waals surface area contributed by atoms with Crippen LogP contribution >= 0.6 is 0 Å². The van der Waals surface area contributed by atoms with Crippen LogP contribution in [0, 0.1) is 0 Å². The smallest absolute Gasteiger partial charge is 0.222 e. The topological polar surface area (TPSA) is 119 Å². The molecule has 0 unspecified atom stereocenters. The van der Waals surface area contributed by atoms with Crippen LogP contribution in [0.15, 0.2) is 30.5 Å². The minimum absolute atomic E-state index is 0.138. The van der Waals surface area contributed by atoms with Crippen molar-refractivity contribution in [3.63, 3.8) is 0 Å². The summed E-state index contributed by atoms with van der Waals surface area (Å²) in [6.45, 7) is 9.10. The molecule has 1 aliphatic heterocycles. The van der Waals surface area contributed by atoms with Gasteiger partial charge < -0.3 is 30.0 Å². The quantitative estimate of drug-likeness (QED) is 0.289. The van der Waals surface area contributed by atoms with Crippen LogP contribution in [0.25, 0.3) is 11.0 Å². The zero-order valence-electron chi connectivity index (χ0n) is 24.1. The zero-order valence-corrected chi connectivity index (χ0v) is 24.1. The lowest BCUT2D eigenvalue weighted by Gasteiger charge is -2.35. The van der Waals surface area contributed by atoms with Crippen molar-refractivity contribution in [3.8, 4) is 5.75 Å². The Bertz CT molecular complexity index is 1300. The highest BCUT2D eigenvalue weighted by Crippen LogP contribution is 2.27. The van der Waals surface area contributed by atoms with Gasteiger partial charge in [-0.1, -0.05) is 25.8 Å². The molecule has 0 atom stereocenters. The number of nitrogen functional groups attached to an aromatic ring is 1. The molecule has 1 fully saturated rings. The molecule has 3 aromatic rings. The number of fused-ring (bicyclic) bond motifs is 1. The van der Waals surface area contributed by atoms with Crippen molar-refractivity contribution >= 4 is 34.5 Å². The van der Waals surface area contributed by atoms with Crippen molar-refractivity contribution in [2.45, 2.75) is 65.5 Å². The molecule has 0 saturated carbocycles. The molecule has 0 bridgehead atoms. The van der Waals surface area contributed by atoms with Gasteiger partial charge in [-0.3, -0.25) is 9.69 Å². The van der Waals surface area contributed by atoms with E-state index in [9.17, 15) is 9.59 Å². The second-order valence-corrected chi connectivity index (χ2v) is 10.6. The summed E-state index contributed by atoms with van der Waals surface area (Å²) in [5.41, 5.74) is 10.0. The molecule has 0 spiro atoms. The third kappa shape index (κ3) is 7.71. The van der Waals surface area contributed by atoms with Crippen molar-refractivity contribution in [2.24, 2.45) is 0 Å². The maximum absolute atomic E-state index is 12.5. The lowest BCUT2D eigenvalue weighted by Crippen LogP contribution is -2.48. The minimum atomic E-state index is 0.138. The van der Waals surface area contributed by atoms with Crippen LogP contribution in [-0.4, -0.2) is 75.9 Å². The van der Waals surface area contributed by atoms with Crippen molar-refractivity contribution in [1.29, 1.82) is 0 Å². The Morgan fingerprint density at radius 2 is 1.82 bits per heavy atom. The number of ether oxygens (including phenoxy) is 1. The van der Waals surface area contributed by atoms with Gasteiger partial charge in [0.05, 0.1) is 19.2 Å². The summed E-state index contributed by atoms with van der Waals surface area (Å²) in [6.07, 6.45) is 6.97. The molecule has 10 nitrogen and oxygen atoms in total. The number of ketones is 1. The van der Waals surface area contributed by atoms with E-state index >= 15 is 0 Å². The highest BCUT2D eigenvalue weighted by atomic mass is 16.5. The Labute approximate surface area is 236 Å². The number of unbranched alkanes of at least 4 members (excludes halogenated alkanes) is 2. The molecular formula is C30H43N7O3. The van der Waals surface area contributed by atoms with E-state index in [-0.39, 0.29) is 17.6 Å². The third-order valence-electron chi connectivity index (χ3n) is 7.44. The van der Waals surface area contributed by atoms with Gasteiger partial charge in [0.1, 0.15) is 17.0 Å². The lowest BCUT2D eigenvalue weighted by molar-refractivity contribution is -0.133. The lowest BCUT2D eigenvalue weighted by atomic mass is 10.1. The van der Waals surface area contributed by atoms with Crippen LogP contribution < -0.4 is 15.8 Å². The molecule has 3 N–H and O–H groups in total. The van der Waals surface area contributed by atoms with E-state index in [0.29, 0.717) is 38.9 Å². The van der Waals surface area contributed by atoms with Crippen molar-refractivity contribution in [1.82, 2.24) is 24.3 Å². The molecule has 4 rings (SSSR count). The van der Waals surface area contributed by atoms with E-state index in [1.165, 1.54) is 5.56 Å². The van der Waals surface area contributed by atoms with Gasteiger partial charge in [-0.05, 0) is 43.5 Å². The number of nitrogens with two attached hydrogens (primary N) is 1. The Morgan fingerprint density at radius 3 is 2.55 bits per heavy atom. The highest BCUT2D eigenvalue weighted by molar-refractivity contribution is 5.87.